The first-order valence-corrected chi connectivity index (χ1v) is 7.80. The van der Waals surface area contributed by atoms with Crippen LogP contribution in [-0.4, -0.2) is 20.1 Å². The van der Waals surface area contributed by atoms with Gasteiger partial charge in [0.2, 0.25) is 0 Å². The van der Waals surface area contributed by atoms with Crippen LogP contribution in [0.3, 0.4) is 0 Å². The highest BCUT2D eigenvalue weighted by Crippen LogP contribution is 2.28. The molecule has 0 spiro atoms. The smallest absolute Gasteiger partial charge is 0.251 e. The van der Waals surface area contributed by atoms with E-state index >= 15 is 0 Å². The molecule has 0 aliphatic carbocycles. The average molecular weight is 376 g/mol. The van der Waals surface area contributed by atoms with Gasteiger partial charge in [-0.25, -0.2) is 0 Å². The molecule has 0 unspecified atom stereocenters. The number of hydrogen-bond donors (Lipinski definition) is 1. The van der Waals surface area contributed by atoms with Gasteiger partial charge < -0.3 is 14.8 Å². The highest BCUT2D eigenvalue weighted by atomic mass is 79.9. The fraction of sp³-hybridized carbons (Fsp3) is 0.167. The van der Waals surface area contributed by atoms with Crippen molar-refractivity contribution >= 4 is 33.6 Å². The number of ether oxygens (including phenoxy) is 2. The molecule has 2 aromatic carbocycles. The highest BCUT2D eigenvalue weighted by Gasteiger charge is 2.07. The minimum atomic E-state index is -0.155. The van der Waals surface area contributed by atoms with Crippen LogP contribution in [0.25, 0.3) is 6.08 Å². The number of carbonyl (C=O) groups is 1. The summed E-state index contributed by atoms with van der Waals surface area (Å²) in [6.45, 7) is 1.77. The van der Waals surface area contributed by atoms with E-state index in [0.29, 0.717) is 17.1 Å². The first-order valence-electron chi connectivity index (χ1n) is 7.00. The molecular weight excluding hydrogens is 358 g/mol. The van der Waals surface area contributed by atoms with Crippen molar-refractivity contribution in [1.29, 1.82) is 0 Å². The third kappa shape index (κ3) is 4.60. The molecule has 23 heavy (non-hydrogen) atoms. The number of anilines is 1. The lowest BCUT2D eigenvalue weighted by Crippen LogP contribution is -2.12. The van der Waals surface area contributed by atoms with Crippen molar-refractivity contribution in [3.05, 3.63) is 58.1 Å². The summed E-state index contributed by atoms with van der Waals surface area (Å²) in [6, 6.07) is 13.0. The van der Waals surface area contributed by atoms with E-state index in [-0.39, 0.29) is 5.91 Å². The van der Waals surface area contributed by atoms with E-state index in [1.807, 2.05) is 42.5 Å². The molecule has 0 radical (unpaired) electrons. The van der Waals surface area contributed by atoms with Crippen LogP contribution in [0.4, 0.5) is 5.69 Å². The highest BCUT2D eigenvalue weighted by molar-refractivity contribution is 9.10. The van der Waals surface area contributed by atoms with E-state index in [9.17, 15) is 4.79 Å². The molecule has 1 N–H and O–H groups in total. The third-order valence-electron chi connectivity index (χ3n) is 3.23. The van der Waals surface area contributed by atoms with Crippen LogP contribution in [0.1, 0.15) is 12.5 Å². The summed E-state index contributed by atoms with van der Waals surface area (Å²) in [7, 11) is 3.17. The van der Waals surface area contributed by atoms with E-state index < -0.39 is 0 Å². The van der Waals surface area contributed by atoms with E-state index in [1.165, 1.54) is 0 Å². The monoisotopic (exact) mass is 375 g/mol. The Hall–Kier alpha value is -2.27. The van der Waals surface area contributed by atoms with Gasteiger partial charge in [-0.1, -0.05) is 28.1 Å². The first-order chi connectivity index (χ1) is 11.0. The second kappa shape index (κ2) is 7.83. The van der Waals surface area contributed by atoms with E-state index in [1.54, 1.807) is 27.2 Å². The Morgan fingerprint density at radius 3 is 2.48 bits per heavy atom. The summed E-state index contributed by atoms with van der Waals surface area (Å²) in [4.78, 5) is 12.3. The minimum Gasteiger partial charge on any atom is -0.493 e. The molecule has 2 rings (SSSR count). The van der Waals surface area contributed by atoms with Crippen LogP contribution in [0, 0.1) is 0 Å². The number of amides is 1. The second-order valence-electron chi connectivity index (χ2n) is 4.91. The normalized spacial score (nSPS) is 11.0. The Balaban J connectivity index is 2.17. The molecule has 0 atom stereocenters. The zero-order chi connectivity index (χ0) is 16.8. The van der Waals surface area contributed by atoms with Gasteiger partial charge in [0.25, 0.3) is 5.91 Å². The third-order valence-corrected chi connectivity index (χ3v) is 3.72. The van der Waals surface area contributed by atoms with Gasteiger partial charge in [-0.15, -0.1) is 0 Å². The van der Waals surface area contributed by atoms with Crippen LogP contribution in [-0.2, 0) is 4.79 Å². The maximum atomic E-state index is 12.3. The van der Waals surface area contributed by atoms with Gasteiger partial charge in [0.05, 0.1) is 14.2 Å². The zero-order valence-corrected chi connectivity index (χ0v) is 14.8. The predicted molar refractivity (Wildman–Crippen MR) is 96.0 cm³/mol. The van der Waals surface area contributed by atoms with Gasteiger partial charge in [0.1, 0.15) is 0 Å². The molecular formula is C18H18BrNO3. The van der Waals surface area contributed by atoms with Crippen LogP contribution >= 0.6 is 15.9 Å². The number of halogens is 1. The summed E-state index contributed by atoms with van der Waals surface area (Å²) >= 11 is 3.38. The van der Waals surface area contributed by atoms with E-state index in [0.717, 1.165) is 15.7 Å². The van der Waals surface area contributed by atoms with Gasteiger partial charge in [0.15, 0.2) is 11.5 Å². The average Bonchev–Trinajstić information content (AvgIpc) is 2.54. The fourth-order valence-electron chi connectivity index (χ4n) is 2.05. The Labute approximate surface area is 144 Å². The summed E-state index contributed by atoms with van der Waals surface area (Å²) in [6.07, 6.45) is 1.80. The lowest BCUT2D eigenvalue weighted by molar-refractivity contribution is -0.112. The molecule has 5 heteroatoms. The molecule has 4 nitrogen and oxygen atoms in total. The van der Waals surface area contributed by atoms with Crippen LogP contribution in [0.2, 0.25) is 0 Å². The van der Waals surface area contributed by atoms with Gasteiger partial charge in [-0.3, -0.25) is 4.79 Å². The van der Waals surface area contributed by atoms with Gasteiger partial charge in [-0.2, -0.15) is 0 Å². The summed E-state index contributed by atoms with van der Waals surface area (Å²) in [5.41, 5.74) is 2.20. The zero-order valence-electron chi connectivity index (χ0n) is 13.2. The Morgan fingerprint density at radius 1 is 1.09 bits per heavy atom. The van der Waals surface area contributed by atoms with Crippen molar-refractivity contribution in [3.63, 3.8) is 0 Å². The van der Waals surface area contributed by atoms with Gasteiger partial charge in [0, 0.05) is 15.7 Å². The standard InChI is InChI=1S/C18H18BrNO3/c1-12(18(21)20-15-6-4-5-14(19)11-15)9-13-7-8-16(22-2)17(10-13)23-3/h4-11H,1-3H3,(H,20,21)/b12-9+. The van der Waals surface area contributed by atoms with Crippen molar-refractivity contribution < 1.29 is 14.3 Å². The van der Waals surface area contributed by atoms with Crippen molar-refractivity contribution in [1.82, 2.24) is 0 Å². The van der Waals surface area contributed by atoms with Crippen LogP contribution < -0.4 is 14.8 Å². The molecule has 0 heterocycles. The second-order valence-corrected chi connectivity index (χ2v) is 5.82. The first kappa shape index (κ1) is 17.1. The lowest BCUT2D eigenvalue weighted by atomic mass is 10.1. The minimum absolute atomic E-state index is 0.155. The summed E-state index contributed by atoms with van der Waals surface area (Å²) < 4.78 is 11.4. The maximum Gasteiger partial charge on any atom is 0.251 e. The number of hydrogen-bond acceptors (Lipinski definition) is 3. The van der Waals surface area contributed by atoms with E-state index in [2.05, 4.69) is 21.2 Å². The van der Waals surface area contributed by atoms with Crippen LogP contribution in [0.5, 0.6) is 11.5 Å². The fourth-order valence-corrected chi connectivity index (χ4v) is 2.45. The Bertz CT molecular complexity index is 741. The maximum absolute atomic E-state index is 12.3. The Kier molecular flexibility index (Phi) is 5.82. The molecule has 0 aliphatic rings. The van der Waals surface area contributed by atoms with Crippen molar-refractivity contribution in [2.45, 2.75) is 6.92 Å². The quantitative estimate of drug-likeness (QED) is 0.782. The topological polar surface area (TPSA) is 47.6 Å². The van der Waals surface area contributed by atoms with Crippen molar-refractivity contribution in [3.8, 4) is 11.5 Å². The summed E-state index contributed by atoms with van der Waals surface area (Å²) in [5.74, 6) is 1.13. The van der Waals surface area contributed by atoms with Crippen molar-refractivity contribution in [2.75, 3.05) is 19.5 Å². The number of carbonyl (C=O) groups excluding carboxylic acids is 1. The molecule has 0 bridgehead atoms. The number of nitrogens with one attached hydrogen (secondary N) is 1. The van der Waals surface area contributed by atoms with E-state index in [4.69, 9.17) is 9.47 Å². The number of rotatable bonds is 5. The number of benzene rings is 2. The number of methoxy groups -OCH3 is 2. The van der Waals surface area contributed by atoms with Gasteiger partial charge in [-0.05, 0) is 48.9 Å². The summed E-state index contributed by atoms with van der Waals surface area (Å²) in [5, 5.41) is 2.86. The SMILES string of the molecule is COc1ccc(/C=C(\C)C(=O)Nc2cccc(Br)c2)cc1OC. The van der Waals surface area contributed by atoms with Gasteiger partial charge >= 0.3 is 0 Å². The molecule has 0 saturated carbocycles. The largest absolute Gasteiger partial charge is 0.493 e. The molecule has 120 valence electrons. The molecule has 1 amide bonds. The molecule has 2 aromatic rings. The lowest BCUT2D eigenvalue weighted by Gasteiger charge is -2.09. The predicted octanol–water partition coefficient (Wildman–Crippen LogP) is 4.51. The molecule has 0 fully saturated rings. The Morgan fingerprint density at radius 2 is 1.83 bits per heavy atom. The molecule has 0 aliphatic heterocycles. The molecule has 0 saturated heterocycles. The molecule has 0 aromatic heterocycles. The van der Waals surface area contributed by atoms with Crippen molar-refractivity contribution in [2.24, 2.45) is 0 Å². The van der Waals surface area contributed by atoms with Crippen LogP contribution in [0.15, 0.2) is 52.5 Å².